The molecule has 9 aromatic rings. The van der Waals surface area contributed by atoms with Gasteiger partial charge >= 0.3 is 0 Å². The molecule has 0 heterocycles. The molecular weight excluding hydrogens is 687 g/mol. The SMILES string of the molecule is CC1(C)c2ccccc2-c2ccc(N(c3ccc(-c4ccccc4)cc3)c3cccc4ccc5c(c34)-c3ccccc3C5(c3ccccc3)c3ccccc3)cc21. The first-order chi connectivity index (χ1) is 28.0. The third-order valence-corrected chi connectivity index (χ3v) is 12.7. The molecule has 0 fully saturated rings. The Balaban J connectivity index is 1.21. The standard InChI is InChI=1S/C56H41N/c1-55(2)48-26-14-12-24-45(48)46-35-34-44(37-51(46)55)57(43-32-29-39(30-33-43)38-17-6-3-7-18-38)52-28-16-19-40-31-36-50-54(53(40)52)47-25-13-15-27-49(47)56(50,41-20-8-4-9-21-41)42-22-10-5-11-23-42/h3-37H,1-2H3. The number of nitrogens with zero attached hydrogens (tertiary/aromatic N) is 1. The summed E-state index contributed by atoms with van der Waals surface area (Å²) in [5, 5.41) is 2.48. The van der Waals surface area contributed by atoms with Crippen molar-refractivity contribution in [3.63, 3.8) is 0 Å². The van der Waals surface area contributed by atoms with Crippen LogP contribution in [-0.2, 0) is 10.8 Å². The van der Waals surface area contributed by atoms with Crippen molar-refractivity contribution in [2.24, 2.45) is 0 Å². The molecule has 0 radical (unpaired) electrons. The molecule has 0 aliphatic heterocycles. The van der Waals surface area contributed by atoms with Crippen molar-refractivity contribution < 1.29 is 0 Å². The molecule has 0 aromatic heterocycles. The average Bonchev–Trinajstić information content (AvgIpc) is 3.71. The first kappa shape index (κ1) is 33.4. The van der Waals surface area contributed by atoms with Crippen LogP contribution in [0.2, 0.25) is 0 Å². The molecule has 0 atom stereocenters. The zero-order chi connectivity index (χ0) is 38.1. The van der Waals surface area contributed by atoms with Crippen LogP contribution in [0, 0.1) is 0 Å². The molecule has 0 unspecified atom stereocenters. The van der Waals surface area contributed by atoms with Crippen molar-refractivity contribution in [2.75, 3.05) is 4.90 Å². The van der Waals surface area contributed by atoms with Gasteiger partial charge in [0, 0.05) is 22.2 Å². The van der Waals surface area contributed by atoms with Gasteiger partial charge in [-0.25, -0.2) is 0 Å². The smallest absolute Gasteiger partial charge is 0.0713 e. The van der Waals surface area contributed by atoms with Gasteiger partial charge < -0.3 is 4.90 Å². The maximum absolute atomic E-state index is 2.50. The van der Waals surface area contributed by atoms with E-state index >= 15 is 0 Å². The van der Waals surface area contributed by atoms with Gasteiger partial charge in [-0.15, -0.1) is 0 Å². The Labute approximate surface area is 335 Å². The van der Waals surface area contributed by atoms with E-state index in [9.17, 15) is 0 Å². The molecule has 0 amide bonds. The first-order valence-corrected chi connectivity index (χ1v) is 20.0. The number of rotatable bonds is 6. The van der Waals surface area contributed by atoms with Crippen LogP contribution in [0.3, 0.4) is 0 Å². The normalized spacial score (nSPS) is 14.1. The van der Waals surface area contributed by atoms with Crippen LogP contribution in [0.4, 0.5) is 17.1 Å². The van der Waals surface area contributed by atoms with Crippen LogP contribution in [0.5, 0.6) is 0 Å². The topological polar surface area (TPSA) is 3.24 Å². The highest BCUT2D eigenvalue weighted by Gasteiger charge is 2.47. The fraction of sp³-hybridized carbons (Fsp3) is 0.0714. The second kappa shape index (κ2) is 12.8. The highest BCUT2D eigenvalue weighted by Crippen LogP contribution is 2.59. The second-order valence-corrected chi connectivity index (χ2v) is 16.0. The lowest BCUT2D eigenvalue weighted by atomic mass is 9.67. The summed E-state index contributed by atoms with van der Waals surface area (Å²) in [6.07, 6.45) is 0. The fourth-order valence-electron chi connectivity index (χ4n) is 10.2. The summed E-state index contributed by atoms with van der Waals surface area (Å²) in [4.78, 5) is 2.50. The molecule has 2 aliphatic rings. The summed E-state index contributed by atoms with van der Waals surface area (Å²) in [5.41, 5.74) is 18.4. The van der Waals surface area contributed by atoms with E-state index in [1.165, 1.54) is 77.5 Å². The molecule has 0 spiro atoms. The summed E-state index contributed by atoms with van der Waals surface area (Å²) in [6, 6.07) is 78.7. The number of hydrogen-bond donors (Lipinski definition) is 0. The third kappa shape index (κ3) is 4.89. The van der Waals surface area contributed by atoms with Crippen molar-refractivity contribution in [2.45, 2.75) is 24.7 Å². The lowest BCUT2D eigenvalue weighted by Crippen LogP contribution is -2.28. The Hall–Kier alpha value is -6.96. The minimum Gasteiger partial charge on any atom is -0.310 e. The van der Waals surface area contributed by atoms with Gasteiger partial charge in [-0.1, -0.05) is 196 Å². The van der Waals surface area contributed by atoms with Gasteiger partial charge in [0.15, 0.2) is 0 Å². The Morgan fingerprint density at radius 1 is 0.368 bits per heavy atom. The zero-order valence-electron chi connectivity index (χ0n) is 32.2. The predicted molar refractivity (Wildman–Crippen MR) is 239 cm³/mol. The van der Waals surface area contributed by atoms with Gasteiger partial charge in [-0.05, 0) is 102 Å². The van der Waals surface area contributed by atoms with Gasteiger partial charge in [0.2, 0.25) is 0 Å². The van der Waals surface area contributed by atoms with Gasteiger partial charge in [0.05, 0.1) is 11.1 Å². The lowest BCUT2D eigenvalue weighted by Gasteiger charge is -2.34. The first-order valence-electron chi connectivity index (χ1n) is 20.0. The second-order valence-electron chi connectivity index (χ2n) is 16.0. The molecule has 2 aliphatic carbocycles. The summed E-state index contributed by atoms with van der Waals surface area (Å²) in [7, 11) is 0. The molecule has 9 aromatic carbocycles. The van der Waals surface area contributed by atoms with Crippen molar-refractivity contribution in [1.29, 1.82) is 0 Å². The van der Waals surface area contributed by atoms with Crippen LogP contribution < -0.4 is 4.90 Å². The maximum atomic E-state index is 2.50. The third-order valence-electron chi connectivity index (χ3n) is 12.7. The van der Waals surface area contributed by atoms with Gasteiger partial charge in [0.25, 0.3) is 0 Å². The zero-order valence-corrected chi connectivity index (χ0v) is 32.2. The van der Waals surface area contributed by atoms with Crippen LogP contribution in [0.15, 0.2) is 212 Å². The molecule has 0 saturated carbocycles. The van der Waals surface area contributed by atoms with Crippen molar-refractivity contribution in [3.05, 3.63) is 246 Å². The van der Waals surface area contributed by atoms with Crippen LogP contribution in [0.25, 0.3) is 44.2 Å². The van der Waals surface area contributed by atoms with E-state index in [-0.39, 0.29) is 5.41 Å². The Kier molecular flexibility index (Phi) is 7.50. The largest absolute Gasteiger partial charge is 0.310 e. The Morgan fingerprint density at radius 2 is 0.930 bits per heavy atom. The molecular formula is C56H41N. The van der Waals surface area contributed by atoms with Crippen molar-refractivity contribution >= 4 is 27.8 Å². The summed E-state index contributed by atoms with van der Waals surface area (Å²) in [6.45, 7) is 4.74. The van der Waals surface area contributed by atoms with Crippen molar-refractivity contribution in [1.82, 2.24) is 0 Å². The number of anilines is 3. The molecule has 0 N–H and O–H groups in total. The quantitative estimate of drug-likeness (QED) is 0.165. The van der Waals surface area contributed by atoms with Gasteiger partial charge in [0.1, 0.15) is 0 Å². The van der Waals surface area contributed by atoms with Crippen LogP contribution >= 0.6 is 0 Å². The molecule has 1 heteroatoms. The molecule has 0 bridgehead atoms. The number of hydrogen-bond acceptors (Lipinski definition) is 1. The highest BCUT2D eigenvalue weighted by molar-refractivity contribution is 6.12. The summed E-state index contributed by atoms with van der Waals surface area (Å²) >= 11 is 0. The Bertz CT molecular complexity index is 2920. The van der Waals surface area contributed by atoms with Crippen LogP contribution in [0.1, 0.15) is 47.2 Å². The summed E-state index contributed by atoms with van der Waals surface area (Å²) < 4.78 is 0. The minimum atomic E-state index is -0.485. The summed E-state index contributed by atoms with van der Waals surface area (Å²) in [5.74, 6) is 0. The van der Waals surface area contributed by atoms with E-state index in [0.717, 1.165) is 17.1 Å². The average molecular weight is 728 g/mol. The minimum absolute atomic E-state index is 0.130. The molecule has 57 heavy (non-hydrogen) atoms. The van der Waals surface area contributed by atoms with Gasteiger partial charge in [-0.2, -0.15) is 0 Å². The molecule has 11 rings (SSSR count). The number of fused-ring (bicyclic) bond motifs is 8. The Morgan fingerprint density at radius 3 is 1.63 bits per heavy atom. The van der Waals surface area contributed by atoms with Crippen LogP contribution in [-0.4, -0.2) is 0 Å². The van der Waals surface area contributed by atoms with E-state index in [0.29, 0.717) is 0 Å². The molecule has 270 valence electrons. The van der Waals surface area contributed by atoms with E-state index in [1.54, 1.807) is 0 Å². The van der Waals surface area contributed by atoms with E-state index in [2.05, 4.69) is 231 Å². The maximum Gasteiger partial charge on any atom is 0.0713 e. The van der Waals surface area contributed by atoms with E-state index in [4.69, 9.17) is 0 Å². The molecule has 1 nitrogen and oxygen atoms in total. The predicted octanol–water partition coefficient (Wildman–Crippen LogP) is 14.6. The van der Waals surface area contributed by atoms with Crippen molar-refractivity contribution in [3.8, 4) is 33.4 Å². The molecule has 0 saturated heterocycles. The van der Waals surface area contributed by atoms with E-state index < -0.39 is 5.41 Å². The fourth-order valence-corrected chi connectivity index (χ4v) is 10.2. The number of benzene rings is 9. The van der Waals surface area contributed by atoms with Gasteiger partial charge in [-0.3, -0.25) is 0 Å². The monoisotopic (exact) mass is 727 g/mol. The lowest BCUT2D eigenvalue weighted by molar-refractivity contribution is 0.660. The highest BCUT2D eigenvalue weighted by atomic mass is 15.1. The van der Waals surface area contributed by atoms with E-state index in [1.807, 2.05) is 0 Å².